The van der Waals surface area contributed by atoms with Crippen LogP contribution < -0.4 is 0 Å². The minimum atomic E-state index is -1.14. The molecule has 0 unspecified atom stereocenters. The third kappa shape index (κ3) is 7.55. The summed E-state index contributed by atoms with van der Waals surface area (Å²) in [5.41, 5.74) is 0.133. The van der Waals surface area contributed by atoms with Gasteiger partial charge in [0.15, 0.2) is 11.6 Å². The number of halogens is 1. The fraction of sp³-hybridized carbons (Fsp3) is 0.600. The van der Waals surface area contributed by atoms with Gasteiger partial charge >= 0.3 is 0 Å². The van der Waals surface area contributed by atoms with E-state index in [0.717, 1.165) is 29.3 Å². The lowest BCUT2D eigenvalue weighted by molar-refractivity contribution is -0.129. The number of carbonyl (C=O) groups excluding carboxylic acids is 2. The molecule has 5 heteroatoms. The number of hydrogen-bond donors (Lipinski definition) is 2. The maximum Gasteiger partial charge on any atom is 0.183 e. The van der Waals surface area contributed by atoms with Gasteiger partial charge in [-0.1, -0.05) is 69.6 Å². The van der Waals surface area contributed by atoms with Crippen LogP contribution in [0, 0.1) is 23.2 Å². The molecule has 2 N–H and O–H groups in total. The Labute approximate surface area is 220 Å². The zero-order valence-electron chi connectivity index (χ0n) is 22.3. The summed E-state index contributed by atoms with van der Waals surface area (Å²) >= 11 is 3.42. The lowest BCUT2D eigenvalue weighted by Gasteiger charge is -2.38. The standard InChI is InChI=1S/C30H43BrO4/c1-19(2)7-13-24-27(33)26(25(32)14-10-22-8-11-23(31)12-9-22)29(35)30(28(24)34,17-15-20(3)4)18-16-21(5)6/h8-9,11-12,19-21,33-34H,7,10,13-18H2,1-6H3. The van der Waals surface area contributed by atoms with Crippen LogP contribution in [-0.2, 0) is 16.0 Å². The van der Waals surface area contributed by atoms with Crippen LogP contribution in [0.4, 0.5) is 0 Å². The van der Waals surface area contributed by atoms with Crippen LogP contribution in [0.5, 0.6) is 0 Å². The van der Waals surface area contributed by atoms with Gasteiger partial charge in [-0.05, 0) is 80.4 Å². The molecule has 0 radical (unpaired) electrons. The maximum absolute atomic E-state index is 14.0. The summed E-state index contributed by atoms with van der Waals surface area (Å²) in [4.78, 5) is 27.5. The molecule has 0 saturated heterocycles. The van der Waals surface area contributed by atoms with E-state index in [2.05, 4.69) is 57.5 Å². The van der Waals surface area contributed by atoms with Crippen LogP contribution >= 0.6 is 15.9 Å². The molecule has 35 heavy (non-hydrogen) atoms. The molecule has 0 aliphatic heterocycles. The molecule has 1 aliphatic rings. The van der Waals surface area contributed by atoms with E-state index < -0.39 is 11.2 Å². The van der Waals surface area contributed by atoms with E-state index in [-0.39, 0.29) is 29.3 Å². The molecule has 0 amide bonds. The van der Waals surface area contributed by atoms with Crippen molar-refractivity contribution in [2.75, 3.05) is 0 Å². The number of benzene rings is 1. The molecule has 0 atom stereocenters. The lowest BCUT2D eigenvalue weighted by atomic mass is 9.64. The van der Waals surface area contributed by atoms with Crippen LogP contribution in [0.3, 0.4) is 0 Å². The highest BCUT2D eigenvalue weighted by atomic mass is 79.9. The Morgan fingerprint density at radius 1 is 0.857 bits per heavy atom. The number of allylic oxidation sites excluding steroid dienone is 3. The number of hydrogen-bond acceptors (Lipinski definition) is 4. The smallest absolute Gasteiger partial charge is 0.183 e. The van der Waals surface area contributed by atoms with Gasteiger partial charge in [0.2, 0.25) is 0 Å². The summed E-state index contributed by atoms with van der Waals surface area (Å²) in [6.45, 7) is 12.6. The van der Waals surface area contributed by atoms with Crippen molar-refractivity contribution in [2.24, 2.45) is 23.2 Å². The average Bonchev–Trinajstić information content (AvgIpc) is 2.78. The molecule has 0 fully saturated rings. The molecular weight excluding hydrogens is 504 g/mol. The highest BCUT2D eigenvalue weighted by Crippen LogP contribution is 2.48. The van der Waals surface area contributed by atoms with Gasteiger partial charge < -0.3 is 10.2 Å². The molecule has 1 aromatic rings. The Hall–Kier alpha value is -1.88. The second-order valence-corrected chi connectivity index (χ2v) is 12.2. The number of aliphatic hydroxyl groups is 2. The van der Waals surface area contributed by atoms with Crippen molar-refractivity contribution in [2.45, 2.75) is 92.9 Å². The molecule has 0 bridgehead atoms. The lowest BCUT2D eigenvalue weighted by Crippen LogP contribution is -2.41. The zero-order valence-corrected chi connectivity index (χ0v) is 23.9. The summed E-state index contributed by atoms with van der Waals surface area (Å²) in [5, 5.41) is 22.7. The predicted octanol–water partition coefficient (Wildman–Crippen LogP) is 8.45. The number of aryl methyl sites for hydroxylation is 1. The third-order valence-corrected chi connectivity index (χ3v) is 7.55. The Balaban J connectivity index is 2.51. The van der Waals surface area contributed by atoms with E-state index in [4.69, 9.17) is 0 Å². The fourth-order valence-electron chi connectivity index (χ4n) is 4.63. The first-order valence-electron chi connectivity index (χ1n) is 13.1. The topological polar surface area (TPSA) is 74.6 Å². The van der Waals surface area contributed by atoms with Crippen molar-refractivity contribution in [1.82, 2.24) is 0 Å². The van der Waals surface area contributed by atoms with Crippen molar-refractivity contribution in [3.8, 4) is 0 Å². The Bertz CT molecular complexity index is 939. The molecule has 0 saturated carbocycles. The summed E-state index contributed by atoms with van der Waals surface area (Å²) in [6, 6.07) is 7.75. The summed E-state index contributed by atoms with van der Waals surface area (Å²) < 4.78 is 0.964. The molecule has 0 spiro atoms. The van der Waals surface area contributed by atoms with Crippen molar-refractivity contribution in [3.05, 3.63) is 57.0 Å². The van der Waals surface area contributed by atoms with Crippen LogP contribution in [0.2, 0.25) is 0 Å². The molecule has 0 heterocycles. The van der Waals surface area contributed by atoms with Gasteiger partial charge in [0.05, 0.1) is 5.41 Å². The van der Waals surface area contributed by atoms with Gasteiger partial charge in [0.25, 0.3) is 0 Å². The van der Waals surface area contributed by atoms with Crippen LogP contribution in [0.25, 0.3) is 0 Å². The van der Waals surface area contributed by atoms with Gasteiger partial charge in [-0.15, -0.1) is 0 Å². The van der Waals surface area contributed by atoms with E-state index in [1.54, 1.807) is 0 Å². The summed E-state index contributed by atoms with van der Waals surface area (Å²) in [5.74, 6) is -0.00201. The van der Waals surface area contributed by atoms with E-state index >= 15 is 0 Å². The largest absolute Gasteiger partial charge is 0.511 e. The molecule has 1 aliphatic carbocycles. The van der Waals surface area contributed by atoms with Crippen LogP contribution in [0.1, 0.15) is 92.1 Å². The predicted molar refractivity (Wildman–Crippen MR) is 146 cm³/mol. The normalized spacial score (nSPS) is 16.2. The van der Waals surface area contributed by atoms with E-state index in [1.165, 1.54) is 0 Å². The maximum atomic E-state index is 14.0. The minimum absolute atomic E-state index is 0.00795. The van der Waals surface area contributed by atoms with Crippen molar-refractivity contribution >= 4 is 27.5 Å². The van der Waals surface area contributed by atoms with Crippen molar-refractivity contribution in [1.29, 1.82) is 0 Å². The number of rotatable bonds is 13. The second kappa shape index (κ2) is 12.9. The molecule has 1 aromatic carbocycles. The van der Waals surface area contributed by atoms with E-state index in [0.29, 0.717) is 49.0 Å². The molecule has 0 aromatic heterocycles. The quantitative estimate of drug-likeness (QED) is 0.243. The Kier molecular flexibility index (Phi) is 10.8. The molecular formula is C30H43BrO4. The first-order chi connectivity index (χ1) is 16.4. The SMILES string of the molecule is CC(C)CCC1=C(O)C(CCC(C)C)(CCC(C)C)C(=O)C(C(=O)CCc2ccc(Br)cc2)=C1O. The van der Waals surface area contributed by atoms with Crippen molar-refractivity contribution < 1.29 is 19.8 Å². The molecule has 2 rings (SSSR count). The highest BCUT2D eigenvalue weighted by molar-refractivity contribution is 9.10. The van der Waals surface area contributed by atoms with Gasteiger partial charge in [0.1, 0.15) is 17.1 Å². The van der Waals surface area contributed by atoms with Crippen LogP contribution in [-0.4, -0.2) is 21.8 Å². The van der Waals surface area contributed by atoms with Gasteiger partial charge in [-0.2, -0.15) is 0 Å². The van der Waals surface area contributed by atoms with Gasteiger partial charge in [-0.3, -0.25) is 9.59 Å². The van der Waals surface area contributed by atoms with E-state index in [9.17, 15) is 19.8 Å². The third-order valence-electron chi connectivity index (χ3n) is 7.02. The Morgan fingerprint density at radius 2 is 1.37 bits per heavy atom. The first kappa shape index (κ1) is 29.4. The summed E-state index contributed by atoms with van der Waals surface area (Å²) in [6.07, 6.45) is 4.28. The van der Waals surface area contributed by atoms with Crippen molar-refractivity contribution in [3.63, 3.8) is 0 Å². The number of aliphatic hydroxyl groups excluding tert-OH is 2. The number of Topliss-reactive ketones (excluding diaryl/α,β-unsaturated/α-hetero) is 2. The van der Waals surface area contributed by atoms with Gasteiger partial charge in [0, 0.05) is 16.5 Å². The first-order valence-corrected chi connectivity index (χ1v) is 13.9. The minimum Gasteiger partial charge on any atom is -0.511 e. The Morgan fingerprint density at radius 3 is 1.86 bits per heavy atom. The fourth-order valence-corrected chi connectivity index (χ4v) is 4.89. The zero-order chi connectivity index (χ0) is 26.3. The van der Waals surface area contributed by atoms with Gasteiger partial charge in [-0.25, -0.2) is 0 Å². The average molecular weight is 548 g/mol. The number of carbonyl (C=O) groups is 2. The highest BCUT2D eigenvalue weighted by Gasteiger charge is 2.50. The molecule has 4 nitrogen and oxygen atoms in total. The van der Waals surface area contributed by atoms with Crippen LogP contribution in [0.15, 0.2) is 51.4 Å². The number of ketones is 2. The second-order valence-electron chi connectivity index (χ2n) is 11.3. The summed E-state index contributed by atoms with van der Waals surface area (Å²) in [7, 11) is 0. The monoisotopic (exact) mass is 546 g/mol. The van der Waals surface area contributed by atoms with E-state index in [1.807, 2.05) is 24.3 Å². The molecule has 194 valence electrons.